The first-order valence-corrected chi connectivity index (χ1v) is 6.41. The highest BCUT2D eigenvalue weighted by atomic mass is 16.7. The van der Waals surface area contributed by atoms with Gasteiger partial charge in [0, 0.05) is 0 Å². The Morgan fingerprint density at radius 1 is 1.11 bits per heavy atom. The maximum atomic E-state index is 11.8. The van der Waals surface area contributed by atoms with Crippen molar-refractivity contribution in [3.63, 3.8) is 0 Å². The number of esters is 1. The van der Waals surface area contributed by atoms with Crippen LogP contribution in [0.5, 0.6) is 0 Å². The highest BCUT2D eigenvalue weighted by Crippen LogP contribution is 2.30. The van der Waals surface area contributed by atoms with Crippen molar-refractivity contribution >= 4 is 5.97 Å². The van der Waals surface area contributed by atoms with Crippen molar-refractivity contribution < 1.29 is 28.5 Å². The Morgan fingerprint density at radius 2 is 1.89 bits per heavy atom. The zero-order valence-corrected chi connectivity index (χ0v) is 10.5. The molecule has 6 heteroatoms. The number of cyclic esters (lactones) is 1. The Morgan fingerprint density at radius 3 is 2.63 bits per heavy atom. The van der Waals surface area contributed by atoms with E-state index in [-0.39, 0.29) is 18.7 Å². The number of carbonyl (C=O) groups is 1. The summed E-state index contributed by atoms with van der Waals surface area (Å²) in [4.78, 5) is 11.8. The molecule has 19 heavy (non-hydrogen) atoms. The lowest BCUT2D eigenvalue weighted by Crippen LogP contribution is -2.31. The second-order valence-corrected chi connectivity index (χ2v) is 4.46. The summed E-state index contributed by atoms with van der Waals surface area (Å²) in [6, 6.07) is 0. The fourth-order valence-electron chi connectivity index (χ4n) is 2.20. The largest absolute Gasteiger partial charge is 0.490 e. The molecule has 0 aromatic carbocycles. The number of rotatable bonds is 1. The van der Waals surface area contributed by atoms with Crippen molar-refractivity contribution in [1.29, 1.82) is 0 Å². The molecule has 0 aliphatic carbocycles. The van der Waals surface area contributed by atoms with Crippen LogP contribution in [0.3, 0.4) is 0 Å². The predicted octanol–water partition coefficient (Wildman–Crippen LogP) is 0.879. The van der Waals surface area contributed by atoms with Crippen molar-refractivity contribution in [2.24, 2.45) is 0 Å². The van der Waals surface area contributed by atoms with Crippen LogP contribution in [0.15, 0.2) is 23.7 Å². The van der Waals surface area contributed by atoms with E-state index >= 15 is 0 Å². The van der Waals surface area contributed by atoms with Gasteiger partial charge in [-0.25, -0.2) is 4.79 Å². The van der Waals surface area contributed by atoms with Crippen molar-refractivity contribution in [3.05, 3.63) is 23.7 Å². The number of hydrogen-bond donors (Lipinski definition) is 0. The summed E-state index contributed by atoms with van der Waals surface area (Å²) >= 11 is 0. The molecule has 0 bridgehead atoms. The van der Waals surface area contributed by atoms with Crippen LogP contribution in [0.1, 0.15) is 12.8 Å². The van der Waals surface area contributed by atoms with Crippen LogP contribution >= 0.6 is 0 Å². The Hall–Kier alpha value is -1.53. The molecule has 0 aromatic rings. The first-order valence-electron chi connectivity index (χ1n) is 6.41. The maximum absolute atomic E-state index is 11.8. The third-order valence-electron chi connectivity index (χ3n) is 3.13. The summed E-state index contributed by atoms with van der Waals surface area (Å²) in [7, 11) is 0. The van der Waals surface area contributed by atoms with Gasteiger partial charge >= 0.3 is 5.97 Å². The zero-order chi connectivity index (χ0) is 13.1. The molecule has 0 N–H and O–H groups in total. The highest BCUT2D eigenvalue weighted by Gasteiger charge is 2.44. The van der Waals surface area contributed by atoms with E-state index < -0.39 is 12.1 Å². The summed E-state index contributed by atoms with van der Waals surface area (Å²) in [5.41, 5.74) is 0. The lowest BCUT2D eigenvalue weighted by molar-refractivity contribution is -0.147. The van der Waals surface area contributed by atoms with E-state index in [0.717, 1.165) is 12.8 Å². The quantitative estimate of drug-likeness (QED) is 0.519. The maximum Gasteiger partial charge on any atom is 0.378 e. The number of ether oxygens (including phenoxy) is 5. The van der Waals surface area contributed by atoms with Gasteiger partial charge in [-0.1, -0.05) is 12.2 Å². The van der Waals surface area contributed by atoms with Crippen LogP contribution in [0.25, 0.3) is 0 Å². The van der Waals surface area contributed by atoms with Gasteiger partial charge in [-0.2, -0.15) is 0 Å². The Balaban J connectivity index is 1.80. The third-order valence-corrected chi connectivity index (χ3v) is 3.13. The SMILES string of the molecule is O=C1O[C@H]([C@@H]2COCO2)C2=C1OCC/C=C\CCO2. The van der Waals surface area contributed by atoms with E-state index in [1.807, 2.05) is 12.2 Å². The molecule has 0 amide bonds. The van der Waals surface area contributed by atoms with Crippen molar-refractivity contribution in [2.75, 3.05) is 26.6 Å². The first-order chi connectivity index (χ1) is 9.36. The molecule has 2 atom stereocenters. The van der Waals surface area contributed by atoms with Crippen molar-refractivity contribution in [3.8, 4) is 0 Å². The second kappa shape index (κ2) is 5.63. The molecular weight excluding hydrogens is 252 g/mol. The lowest BCUT2D eigenvalue weighted by Gasteiger charge is -2.18. The lowest BCUT2D eigenvalue weighted by atomic mass is 10.2. The molecule has 0 aromatic heterocycles. The second-order valence-electron chi connectivity index (χ2n) is 4.46. The van der Waals surface area contributed by atoms with Crippen LogP contribution in [0.4, 0.5) is 0 Å². The van der Waals surface area contributed by atoms with Crippen LogP contribution < -0.4 is 0 Å². The van der Waals surface area contributed by atoms with E-state index in [2.05, 4.69) is 0 Å². The summed E-state index contributed by atoms with van der Waals surface area (Å²) in [5, 5.41) is 0. The molecule has 104 valence electrons. The molecule has 0 spiro atoms. The Kier molecular flexibility index (Phi) is 3.70. The van der Waals surface area contributed by atoms with Gasteiger partial charge in [-0.05, 0) is 12.8 Å². The van der Waals surface area contributed by atoms with Crippen molar-refractivity contribution in [1.82, 2.24) is 0 Å². The summed E-state index contributed by atoms with van der Waals surface area (Å²) in [6.07, 6.45) is 4.72. The monoisotopic (exact) mass is 268 g/mol. The molecule has 3 aliphatic rings. The van der Waals surface area contributed by atoms with E-state index in [1.165, 1.54) is 0 Å². The Bertz CT molecular complexity index is 407. The van der Waals surface area contributed by atoms with Gasteiger partial charge in [-0.3, -0.25) is 0 Å². The average Bonchev–Trinajstić information content (AvgIpc) is 3.03. The summed E-state index contributed by atoms with van der Waals surface area (Å²) in [5.74, 6) is 0.131. The fraction of sp³-hybridized carbons (Fsp3) is 0.615. The smallest absolute Gasteiger partial charge is 0.378 e. The third kappa shape index (κ3) is 2.59. The molecule has 0 radical (unpaired) electrons. The van der Waals surface area contributed by atoms with E-state index in [0.29, 0.717) is 25.6 Å². The summed E-state index contributed by atoms with van der Waals surface area (Å²) < 4.78 is 27.0. The minimum atomic E-state index is -0.562. The molecular formula is C13H16O6. The average molecular weight is 268 g/mol. The van der Waals surface area contributed by atoms with Gasteiger partial charge in [0.2, 0.25) is 5.76 Å². The zero-order valence-electron chi connectivity index (χ0n) is 10.5. The van der Waals surface area contributed by atoms with Gasteiger partial charge < -0.3 is 23.7 Å². The fourth-order valence-corrected chi connectivity index (χ4v) is 2.20. The van der Waals surface area contributed by atoms with Crippen LogP contribution in [0, 0.1) is 0 Å². The molecule has 1 fully saturated rings. The van der Waals surface area contributed by atoms with Gasteiger partial charge in [0.15, 0.2) is 11.9 Å². The normalized spacial score (nSPS) is 33.2. The molecule has 3 heterocycles. The number of hydrogen-bond acceptors (Lipinski definition) is 6. The molecule has 0 unspecified atom stereocenters. The van der Waals surface area contributed by atoms with Crippen molar-refractivity contribution in [2.45, 2.75) is 25.0 Å². The molecule has 0 saturated carbocycles. The van der Waals surface area contributed by atoms with Crippen LogP contribution in [-0.4, -0.2) is 44.8 Å². The Labute approximate surface area is 110 Å². The van der Waals surface area contributed by atoms with E-state index in [1.54, 1.807) is 0 Å². The topological polar surface area (TPSA) is 63.2 Å². The van der Waals surface area contributed by atoms with Crippen LogP contribution in [-0.2, 0) is 28.5 Å². The standard InChI is InChI=1S/C13H16O6/c14-13-12-11(10(19-13)9-7-15-8-18-9)16-5-3-1-2-4-6-17-12/h1-2,9-10H,3-8H2/b2-1-/t9-,10+/m0/s1. The molecule has 3 rings (SSSR count). The molecule has 6 nitrogen and oxygen atoms in total. The van der Waals surface area contributed by atoms with Crippen LogP contribution in [0.2, 0.25) is 0 Å². The minimum absolute atomic E-state index is 0.177. The summed E-state index contributed by atoms with van der Waals surface area (Å²) in [6.45, 7) is 1.52. The van der Waals surface area contributed by atoms with Gasteiger partial charge in [-0.15, -0.1) is 0 Å². The molecule has 1 saturated heterocycles. The van der Waals surface area contributed by atoms with E-state index in [4.69, 9.17) is 23.7 Å². The first kappa shape index (κ1) is 12.5. The number of carbonyl (C=O) groups excluding carboxylic acids is 1. The van der Waals surface area contributed by atoms with Gasteiger partial charge in [0.25, 0.3) is 0 Å². The predicted molar refractivity (Wildman–Crippen MR) is 62.9 cm³/mol. The minimum Gasteiger partial charge on any atom is -0.490 e. The van der Waals surface area contributed by atoms with Gasteiger partial charge in [0.1, 0.15) is 12.9 Å². The molecule has 3 aliphatic heterocycles. The van der Waals surface area contributed by atoms with E-state index in [9.17, 15) is 4.79 Å². The highest BCUT2D eigenvalue weighted by molar-refractivity contribution is 5.89. The van der Waals surface area contributed by atoms with Gasteiger partial charge in [0.05, 0.1) is 19.8 Å².